The van der Waals surface area contributed by atoms with Crippen LogP contribution in [0.3, 0.4) is 0 Å². The van der Waals surface area contributed by atoms with Gasteiger partial charge in [-0.3, -0.25) is 4.90 Å². The molecule has 1 saturated heterocycles. The summed E-state index contributed by atoms with van der Waals surface area (Å²) in [5, 5.41) is -0.0888. The highest BCUT2D eigenvalue weighted by Gasteiger charge is 2.40. The van der Waals surface area contributed by atoms with E-state index >= 15 is 0 Å². The van der Waals surface area contributed by atoms with E-state index in [1.165, 1.54) is 5.56 Å². The van der Waals surface area contributed by atoms with Crippen LogP contribution in [-0.2, 0) is 16.6 Å². The summed E-state index contributed by atoms with van der Waals surface area (Å²) in [6, 6.07) is 8.31. The van der Waals surface area contributed by atoms with E-state index in [1.54, 1.807) is 4.31 Å². The molecule has 0 N–H and O–H groups in total. The Bertz CT molecular complexity index is 601. The summed E-state index contributed by atoms with van der Waals surface area (Å²) in [4.78, 5) is 2.35. The van der Waals surface area contributed by atoms with E-state index in [2.05, 4.69) is 33.0 Å². The van der Waals surface area contributed by atoms with Crippen LogP contribution in [0.15, 0.2) is 28.7 Å². The van der Waals surface area contributed by atoms with Gasteiger partial charge in [-0.15, -0.1) is 0 Å². The number of nitrogens with zero attached hydrogens (tertiary/aromatic N) is 2. The molecule has 6 heteroatoms. The van der Waals surface area contributed by atoms with Crippen molar-refractivity contribution in [1.29, 1.82) is 0 Å². The zero-order valence-electron chi connectivity index (χ0n) is 12.0. The van der Waals surface area contributed by atoms with Crippen LogP contribution in [0.5, 0.6) is 0 Å². The Morgan fingerprint density at radius 3 is 2.67 bits per heavy atom. The fourth-order valence-electron chi connectivity index (χ4n) is 2.83. The molecule has 1 heterocycles. The van der Waals surface area contributed by atoms with Gasteiger partial charge in [0.15, 0.2) is 0 Å². The highest BCUT2D eigenvalue weighted by atomic mass is 79.9. The molecule has 0 bridgehead atoms. The molecule has 0 amide bonds. The van der Waals surface area contributed by atoms with Crippen LogP contribution in [0.2, 0.25) is 0 Å². The van der Waals surface area contributed by atoms with Gasteiger partial charge in [-0.05, 0) is 43.5 Å². The molecule has 1 saturated carbocycles. The van der Waals surface area contributed by atoms with E-state index in [9.17, 15) is 8.42 Å². The lowest BCUT2D eigenvalue weighted by Gasteiger charge is -2.21. The quantitative estimate of drug-likeness (QED) is 0.814. The summed E-state index contributed by atoms with van der Waals surface area (Å²) in [6.07, 6.45) is 2.61. The number of halogens is 1. The van der Waals surface area contributed by atoms with Crippen molar-refractivity contribution in [3.05, 3.63) is 34.3 Å². The minimum Gasteiger partial charge on any atom is -0.298 e. The third-order valence-corrected chi connectivity index (χ3v) is 7.04. The molecule has 1 aromatic rings. The van der Waals surface area contributed by atoms with E-state index in [4.69, 9.17) is 0 Å². The molecule has 0 aromatic heterocycles. The van der Waals surface area contributed by atoms with E-state index < -0.39 is 10.0 Å². The van der Waals surface area contributed by atoms with Crippen LogP contribution in [-0.4, -0.2) is 49.1 Å². The average Bonchev–Trinajstić information content (AvgIpc) is 3.26. The van der Waals surface area contributed by atoms with Gasteiger partial charge in [-0.2, -0.15) is 0 Å². The third kappa shape index (κ3) is 3.86. The Morgan fingerprint density at radius 1 is 1.14 bits per heavy atom. The van der Waals surface area contributed by atoms with Gasteiger partial charge in [0, 0.05) is 30.7 Å². The maximum Gasteiger partial charge on any atom is 0.217 e. The van der Waals surface area contributed by atoms with Gasteiger partial charge in [0.05, 0.1) is 5.25 Å². The van der Waals surface area contributed by atoms with Crippen molar-refractivity contribution < 1.29 is 8.42 Å². The third-order valence-electron chi connectivity index (χ3n) is 4.15. The summed E-state index contributed by atoms with van der Waals surface area (Å²) in [5.41, 5.74) is 1.27. The van der Waals surface area contributed by atoms with Crippen molar-refractivity contribution in [2.45, 2.75) is 31.1 Å². The summed E-state index contributed by atoms with van der Waals surface area (Å²) in [5.74, 6) is 0. The Hall–Kier alpha value is -0.430. The number of rotatable bonds is 4. The van der Waals surface area contributed by atoms with Crippen LogP contribution in [0, 0.1) is 0 Å². The zero-order chi connectivity index (χ0) is 14.9. The van der Waals surface area contributed by atoms with E-state index in [0.717, 1.165) is 43.4 Å². The maximum atomic E-state index is 12.3. The SMILES string of the molecule is O=S(=O)(C1CC1)N1CCCN(Cc2cccc(Br)c2)CC1. The van der Waals surface area contributed by atoms with Gasteiger partial charge in [0.25, 0.3) is 0 Å². The Kier molecular flexibility index (Phi) is 4.69. The molecule has 3 rings (SSSR count). The molecule has 2 fully saturated rings. The Morgan fingerprint density at radius 2 is 1.95 bits per heavy atom. The second-order valence-electron chi connectivity index (χ2n) is 5.90. The van der Waals surface area contributed by atoms with Crippen LogP contribution < -0.4 is 0 Å². The average molecular weight is 373 g/mol. The minimum absolute atomic E-state index is 0.0888. The van der Waals surface area contributed by atoms with Gasteiger partial charge < -0.3 is 0 Å². The molecule has 1 aliphatic heterocycles. The first kappa shape index (κ1) is 15.5. The first-order valence-corrected chi connectivity index (χ1v) is 9.81. The van der Waals surface area contributed by atoms with E-state index in [0.29, 0.717) is 13.1 Å². The van der Waals surface area contributed by atoms with Crippen LogP contribution in [0.25, 0.3) is 0 Å². The van der Waals surface area contributed by atoms with Gasteiger partial charge in [0.2, 0.25) is 10.0 Å². The molecule has 0 radical (unpaired) electrons. The minimum atomic E-state index is -3.02. The number of hydrogen-bond acceptors (Lipinski definition) is 3. The second kappa shape index (κ2) is 6.36. The highest BCUT2D eigenvalue weighted by Crippen LogP contribution is 2.31. The summed E-state index contributed by atoms with van der Waals surface area (Å²) < 4.78 is 27.4. The largest absolute Gasteiger partial charge is 0.298 e. The summed E-state index contributed by atoms with van der Waals surface area (Å²) in [7, 11) is -3.02. The Labute approximate surface area is 135 Å². The molecule has 0 spiro atoms. The van der Waals surface area contributed by atoms with Gasteiger partial charge in [-0.25, -0.2) is 12.7 Å². The Balaban J connectivity index is 1.60. The number of hydrogen-bond donors (Lipinski definition) is 0. The van der Waals surface area contributed by atoms with Crippen molar-refractivity contribution in [3.8, 4) is 0 Å². The summed E-state index contributed by atoms with van der Waals surface area (Å²) in [6.45, 7) is 3.97. The fourth-order valence-corrected chi connectivity index (χ4v) is 5.15. The van der Waals surface area contributed by atoms with Crippen LogP contribution >= 0.6 is 15.9 Å². The maximum absolute atomic E-state index is 12.3. The normalized spacial score (nSPS) is 22.1. The number of sulfonamides is 1. The topological polar surface area (TPSA) is 40.6 Å². The smallest absolute Gasteiger partial charge is 0.217 e. The second-order valence-corrected chi connectivity index (χ2v) is 9.03. The first-order valence-electron chi connectivity index (χ1n) is 7.51. The van der Waals surface area contributed by atoms with Crippen molar-refractivity contribution in [3.63, 3.8) is 0 Å². The van der Waals surface area contributed by atoms with Gasteiger partial charge in [0.1, 0.15) is 0 Å². The molecular weight excluding hydrogens is 352 g/mol. The van der Waals surface area contributed by atoms with Crippen molar-refractivity contribution in [2.24, 2.45) is 0 Å². The standard InChI is InChI=1S/C15H21BrN2O2S/c16-14-4-1-3-13(11-14)12-17-7-2-8-18(10-9-17)21(19,20)15-5-6-15/h1,3-4,11,15H,2,5-10,12H2. The van der Waals surface area contributed by atoms with E-state index in [-0.39, 0.29) is 5.25 Å². The van der Waals surface area contributed by atoms with Gasteiger partial charge >= 0.3 is 0 Å². The van der Waals surface area contributed by atoms with Crippen molar-refractivity contribution >= 4 is 26.0 Å². The highest BCUT2D eigenvalue weighted by molar-refractivity contribution is 9.10. The predicted octanol–water partition coefficient (Wildman–Crippen LogP) is 2.45. The van der Waals surface area contributed by atoms with Crippen molar-refractivity contribution in [1.82, 2.24) is 9.21 Å². The van der Waals surface area contributed by atoms with Crippen LogP contribution in [0.1, 0.15) is 24.8 Å². The lowest BCUT2D eigenvalue weighted by Crippen LogP contribution is -2.37. The molecule has 0 atom stereocenters. The van der Waals surface area contributed by atoms with Crippen LogP contribution in [0.4, 0.5) is 0 Å². The molecule has 116 valence electrons. The first-order chi connectivity index (χ1) is 10.1. The molecule has 4 nitrogen and oxygen atoms in total. The van der Waals surface area contributed by atoms with Gasteiger partial charge in [-0.1, -0.05) is 28.1 Å². The lowest BCUT2D eigenvalue weighted by molar-refractivity contribution is 0.278. The summed E-state index contributed by atoms with van der Waals surface area (Å²) >= 11 is 3.49. The fraction of sp³-hybridized carbons (Fsp3) is 0.600. The van der Waals surface area contributed by atoms with Crippen molar-refractivity contribution in [2.75, 3.05) is 26.2 Å². The molecular formula is C15H21BrN2O2S. The number of benzene rings is 1. The molecule has 21 heavy (non-hydrogen) atoms. The van der Waals surface area contributed by atoms with E-state index in [1.807, 2.05) is 12.1 Å². The molecule has 1 aromatic carbocycles. The molecule has 1 aliphatic carbocycles. The molecule has 2 aliphatic rings. The predicted molar refractivity (Wildman–Crippen MR) is 87.6 cm³/mol. The monoisotopic (exact) mass is 372 g/mol. The molecule has 0 unspecified atom stereocenters. The zero-order valence-corrected chi connectivity index (χ0v) is 14.4. The lowest BCUT2D eigenvalue weighted by atomic mass is 10.2.